The third-order valence-corrected chi connectivity index (χ3v) is 10.2. The summed E-state index contributed by atoms with van der Waals surface area (Å²) in [5.74, 6) is -0.490. The summed E-state index contributed by atoms with van der Waals surface area (Å²) < 4.78 is 39.7. The van der Waals surface area contributed by atoms with Gasteiger partial charge in [-0.05, 0) is 69.8 Å². The van der Waals surface area contributed by atoms with E-state index in [1.807, 2.05) is 47.4 Å². The molecule has 0 aromatic heterocycles. The lowest BCUT2D eigenvalue weighted by molar-refractivity contribution is -0.145. The number of amides is 2. The second-order valence-corrected chi connectivity index (χ2v) is 15.4. The maximum Gasteiger partial charge on any atom is 0.416 e. The predicted octanol–water partition coefficient (Wildman–Crippen LogP) is 9.73. The summed E-state index contributed by atoms with van der Waals surface area (Å²) in [4.78, 5) is 34.9. The first-order valence-corrected chi connectivity index (χ1v) is 19.2. The number of hydrogen-bond donors (Lipinski definition) is 0. The van der Waals surface area contributed by atoms with Crippen molar-refractivity contribution in [2.75, 3.05) is 26.2 Å². The normalized spacial score (nSPS) is 14.7. The van der Waals surface area contributed by atoms with E-state index >= 15 is 0 Å². The van der Waals surface area contributed by atoms with Gasteiger partial charge in [0.05, 0.1) is 5.56 Å². The summed E-state index contributed by atoms with van der Waals surface area (Å²) in [6.45, 7) is 12.2. The van der Waals surface area contributed by atoms with Crippen LogP contribution in [0.1, 0.15) is 85.9 Å². The van der Waals surface area contributed by atoms with Gasteiger partial charge in [-0.1, -0.05) is 132 Å². The highest BCUT2D eigenvalue weighted by molar-refractivity contribution is 5.95. The Kier molecular flexibility index (Phi) is 13.9. The monoisotopic (exact) mass is 737 g/mol. The molecule has 1 aliphatic heterocycles. The quantitative estimate of drug-likeness (QED) is 0.0957. The molecule has 0 saturated carbocycles. The van der Waals surface area contributed by atoms with E-state index in [0.717, 1.165) is 68.6 Å². The Morgan fingerprint density at radius 3 is 1.91 bits per heavy atom. The van der Waals surface area contributed by atoms with E-state index in [4.69, 9.17) is 0 Å². The minimum Gasteiger partial charge on any atom is -0.338 e. The highest BCUT2D eigenvalue weighted by Crippen LogP contribution is 2.29. The van der Waals surface area contributed by atoms with Crippen LogP contribution in [-0.2, 0) is 47.1 Å². The maximum atomic E-state index is 14.7. The molecule has 1 fully saturated rings. The molecular weight excluding hydrogens is 684 g/mol. The number of carbonyl (C=O) groups is 2. The number of aryl methyl sites for hydroxylation is 1. The fourth-order valence-corrected chi connectivity index (χ4v) is 6.85. The highest BCUT2D eigenvalue weighted by atomic mass is 19.4. The van der Waals surface area contributed by atoms with E-state index in [1.54, 1.807) is 4.90 Å². The molecule has 0 aliphatic carbocycles. The second-order valence-electron chi connectivity index (χ2n) is 15.4. The number of alkyl halides is 3. The van der Waals surface area contributed by atoms with Crippen LogP contribution in [0, 0.1) is 0 Å². The van der Waals surface area contributed by atoms with Gasteiger partial charge in [-0.15, -0.1) is 0 Å². The molecule has 8 heteroatoms. The molecule has 1 aliphatic rings. The van der Waals surface area contributed by atoms with E-state index < -0.39 is 17.8 Å². The molecule has 0 radical (unpaired) electrons. The molecule has 0 unspecified atom stereocenters. The second kappa shape index (κ2) is 18.6. The largest absolute Gasteiger partial charge is 0.416 e. The van der Waals surface area contributed by atoms with Crippen LogP contribution >= 0.6 is 0 Å². The first-order chi connectivity index (χ1) is 25.8. The molecule has 1 saturated heterocycles. The van der Waals surface area contributed by atoms with Crippen LogP contribution in [0.5, 0.6) is 0 Å². The van der Waals surface area contributed by atoms with Crippen molar-refractivity contribution in [3.05, 3.63) is 148 Å². The fraction of sp³-hybridized carbons (Fsp3) is 0.391. The van der Waals surface area contributed by atoms with Gasteiger partial charge in [-0.3, -0.25) is 14.5 Å². The van der Waals surface area contributed by atoms with Crippen molar-refractivity contribution in [2.45, 2.75) is 90.5 Å². The van der Waals surface area contributed by atoms with Gasteiger partial charge in [0.15, 0.2) is 0 Å². The summed E-state index contributed by atoms with van der Waals surface area (Å²) in [5.41, 5.74) is 5.14. The summed E-state index contributed by atoms with van der Waals surface area (Å²) in [7, 11) is 0. The first-order valence-electron chi connectivity index (χ1n) is 19.2. The van der Waals surface area contributed by atoms with Crippen molar-refractivity contribution < 1.29 is 22.8 Å². The van der Waals surface area contributed by atoms with Gasteiger partial charge in [0.25, 0.3) is 0 Å². The van der Waals surface area contributed by atoms with Crippen LogP contribution in [-0.4, -0.2) is 58.7 Å². The Morgan fingerprint density at radius 2 is 1.31 bits per heavy atom. The topological polar surface area (TPSA) is 43.9 Å². The molecule has 0 N–H and O–H groups in total. The number of carbonyl (C=O) groups excluding carboxylic acids is 2. The Morgan fingerprint density at radius 1 is 0.722 bits per heavy atom. The lowest BCUT2D eigenvalue weighted by atomic mass is 9.86. The summed E-state index contributed by atoms with van der Waals surface area (Å²) >= 11 is 0. The minimum atomic E-state index is -4.45. The molecule has 286 valence electrons. The van der Waals surface area contributed by atoms with Gasteiger partial charge in [0.2, 0.25) is 11.8 Å². The van der Waals surface area contributed by atoms with Gasteiger partial charge in [-0.2, -0.15) is 13.2 Å². The van der Waals surface area contributed by atoms with Gasteiger partial charge in [0, 0.05) is 51.8 Å². The smallest absolute Gasteiger partial charge is 0.338 e. The van der Waals surface area contributed by atoms with Gasteiger partial charge >= 0.3 is 6.18 Å². The van der Waals surface area contributed by atoms with Gasteiger partial charge in [0.1, 0.15) is 6.04 Å². The third kappa shape index (κ3) is 11.7. The molecule has 54 heavy (non-hydrogen) atoms. The van der Waals surface area contributed by atoms with Crippen LogP contribution < -0.4 is 0 Å². The Bertz CT molecular complexity index is 1810. The molecule has 1 atom stereocenters. The van der Waals surface area contributed by atoms with E-state index in [-0.39, 0.29) is 23.8 Å². The Balaban J connectivity index is 1.45. The Hall–Kier alpha value is -4.69. The predicted molar refractivity (Wildman–Crippen MR) is 212 cm³/mol. The number of unbranched alkanes of at least 4 members (excludes halogenated alkanes) is 2. The standard InChI is InChI=1S/C46H54F3N3O2/c1-5-6-8-11-35-14-16-39(17-15-35)34-52(43(53)27-22-36-18-25-41(26-19-36)46(47,48)49)42(32-37-20-23-40(24-21-37)45(2,3)4)44(54)51-30-28-50(29-31-51)33-38-12-9-7-10-13-38/h7,9-10,12-27,42H,5-6,8,11,28-34H2,1-4H3/t42-/m0/s1. The first kappa shape index (κ1) is 40.5. The van der Waals surface area contributed by atoms with E-state index in [1.165, 1.54) is 41.0 Å². The molecule has 2 amide bonds. The van der Waals surface area contributed by atoms with Crippen molar-refractivity contribution in [3.8, 4) is 0 Å². The molecular formula is C46H54F3N3O2. The van der Waals surface area contributed by atoms with Crippen molar-refractivity contribution in [1.29, 1.82) is 0 Å². The third-order valence-electron chi connectivity index (χ3n) is 10.2. The van der Waals surface area contributed by atoms with Crippen LogP contribution in [0.3, 0.4) is 0 Å². The highest BCUT2D eigenvalue weighted by Gasteiger charge is 2.34. The molecule has 5 nitrogen and oxygen atoms in total. The van der Waals surface area contributed by atoms with E-state index in [0.29, 0.717) is 25.1 Å². The number of nitrogens with zero attached hydrogens (tertiary/aromatic N) is 3. The molecule has 4 aromatic rings. The number of piperazine rings is 1. The lowest BCUT2D eigenvalue weighted by Gasteiger charge is -2.39. The summed E-state index contributed by atoms with van der Waals surface area (Å²) in [5, 5.41) is 0. The minimum absolute atomic E-state index is 0.0407. The average Bonchev–Trinajstić information content (AvgIpc) is 3.16. The molecule has 0 spiro atoms. The van der Waals surface area contributed by atoms with Crippen LogP contribution in [0.15, 0.2) is 109 Å². The molecule has 4 aromatic carbocycles. The average molecular weight is 738 g/mol. The number of benzene rings is 4. The maximum absolute atomic E-state index is 14.7. The zero-order chi connectivity index (χ0) is 38.7. The molecule has 1 heterocycles. The number of hydrogen-bond acceptors (Lipinski definition) is 3. The Labute approximate surface area is 319 Å². The lowest BCUT2D eigenvalue weighted by Crippen LogP contribution is -2.56. The summed E-state index contributed by atoms with van der Waals surface area (Å²) in [6, 6.07) is 30.7. The van der Waals surface area contributed by atoms with Crippen LogP contribution in [0.25, 0.3) is 6.08 Å². The van der Waals surface area contributed by atoms with Crippen molar-refractivity contribution in [1.82, 2.24) is 14.7 Å². The van der Waals surface area contributed by atoms with E-state index in [9.17, 15) is 22.8 Å². The number of rotatable bonds is 14. The fourth-order valence-electron chi connectivity index (χ4n) is 6.85. The van der Waals surface area contributed by atoms with Crippen molar-refractivity contribution >= 4 is 17.9 Å². The molecule has 0 bridgehead atoms. The SMILES string of the molecule is CCCCCc1ccc(CN(C(=O)C=Cc2ccc(C(F)(F)F)cc2)[C@@H](Cc2ccc(C(C)(C)C)cc2)C(=O)N2CCN(Cc3ccccc3)CC2)cc1. The summed E-state index contributed by atoms with van der Waals surface area (Å²) in [6.07, 6.45) is 3.17. The zero-order valence-corrected chi connectivity index (χ0v) is 32.1. The van der Waals surface area contributed by atoms with Crippen molar-refractivity contribution in [2.24, 2.45) is 0 Å². The number of halogens is 3. The van der Waals surface area contributed by atoms with Crippen molar-refractivity contribution in [3.63, 3.8) is 0 Å². The van der Waals surface area contributed by atoms with Gasteiger partial charge < -0.3 is 9.80 Å². The zero-order valence-electron chi connectivity index (χ0n) is 32.1. The van der Waals surface area contributed by atoms with Crippen LogP contribution in [0.2, 0.25) is 0 Å². The van der Waals surface area contributed by atoms with Crippen LogP contribution in [0.4, 0.5) is 13.2 Å². The van der Waals surface area contributed by atoms with E-state index in [2.05, 4.69) is 69.0 Å². The van der Waals surface area contributed by atoms with Gasteiger partial charge in [-0.25, -0.2) is 0 Å². The molecule has 5 rings (SSSR count).